The summed E-state index contributed by atoms with van der Waals surface area (Å²) in [6, 6.07) is 5.33. The van der Waals surface area contributed by atoms with Crippen molar-refractivity contribution in [3.63, 3.8) is 0 Å². The molecule has 17 heavy (non-hydrogen) atoms. The molecule has 7 heteroatoms. The number of rotatable bonds is 2. The number of benzene rings is 1. The van der Waals surface area contributed by atoms with Gasteiger partial charge in [-0.05, 0) is 34.1 Å². The maximum atomic E-state index is 5.85. The number of nitrogen functional groups attached to an aromatic ring is 1. The van der Waals surface area contributed by atoms with Crippen LogP contribution in [-0.2, 0) is 0 Å². The standard InChI is InChI=1S/C10H7BrCl2N4/c11-6-3-5(12)1-2-7(6)17-10-8(14)9(13)15-4-16-10/h1-4H,14H2,(H,15,16,17). The summed E-state index contributed by atoms with van der Waals surface area (Å²) in [5.41, 5.74) is 6.84. The summed E-state index contributed by atoms with van der Waals surface area (Å²) in [5.74, 6) is 0.452. The minimum atomic E-state index is 0.215. The third-order valence-electron chi connectivity index (χ3n) is 2.02. The zero-order valence-electron chi connectivity index (χ0n) is 8.42. The number of nitrogens with zero attached hydrogens (tertiary/aromatic N) is 2. The zero-order valence-corrected chi connectivity index (χ0v) is 11.5. The second kappa shape index (κ2) is 5.08. The Hall–Kier alpha value is -1.04. The highest BCUT2D eigenvalue weighted by Gasteiger charge is 2.08. The van der Waals surface area contributed by atoms with Crippen LogP contribution in [0.2, 0.25) is 10.2 Å². The molecule has 1 aromatic heterocycles. The fraction of sp³-hybridized carbons (Fsp3) is 0. The summed E-state index contributed by atoms with van der Waals surface area (Å²) in [5, 5.41) is 3.89. The van der Waals surface area contributed by atoms with Crippen LogP contribution in [0.15, 0.2) is 29.0 Å². The SMILES string of the molecule is Nc1c(Cl)ncnc1Nc1ccc(Cl)cc1Br. The van der Waals surface area contributed by atoms with Gasteiger partial charge < -0.3 is 11.1 Å². The Bertz CT molecular complexity index is 562. The molecule has 0 atom stereocenters. The first-order chi connectivity index (χ1) is 8.08. The molecule has 0 spiro atoms. The number of nitrogens with two attached hydrogens (primary N) is 1. The molecule has 0 unspecified atom stereocenters. The van der Waals surface area contributed by atoms with E-state index in [1.807, 2.05) is 6.07 Å². The van der Waals surface area contributed by atoms with Crippen molar-refractivity contribution in [2.45, 2.75) is 0 Å². The smallest absolute Gasteiger partial charge is 0.158 e. The van der Waals surface area contributed by atoms with Crippen molar-refractivity contribution in [2.75, 3.05) is 11.1 Å². The first-order valence-corrected chi connectivity index (χ1v) is 6.11. The summed E-state index contributed by atoms with van der Waals surface area (Å²) in [7, 11) is 0. The first-order valence-electron chi connectivity index (χ1n) is 4.56. The molecular formula is C10H7BrCl2N4. The Balaban J connectivity index is 2.35. The molecule has 88 valence electrons. The van der Waals surface area contributed by atoms with Gasteiger partial charge >= 0.3 is 0 Å². The molecule has 1 aromatic carbocycles. The zero-order chi connectivity index (χ0) is 12.4. The van der Waals surface area contributed by atoms with Crippen LogP contribution in [-0.4, -0.2) is 9.97 Å². The van der Waals surface area contributed by atoms with Crippen LogP contribution in [0.5, 0.6) is 0 Å². The van der Waals surface area contributed by atoms with Crippen LogP contribution in [0.3, 0.4) is 0 Å². The monoisotopic (exact) mass is 332 g/mol. The van der Waals surface area contributed by atoms with Crippen molar-refractivity contribution in [1.29, 1.82) is 0 Å². The van der Waals surface area contributed by atoms with Gasteiger partial charge in [-0.15, -0.1) is 0 Å². The van der Waals surface area contributed by atoms with Gasteiger partial charge in [-0.1, -0.05) is 23.2 Å². The fourth-order valence-corrected chi connectivity index (χ4v) is 2.11. The predicted molar refractivity (Wildman–Crippen MR) is 73.9 cm³/mol. The Morgan fingerprint density at radius 3 is 2.71 bits per heavy atom. The molecule has 0 bridgehead atoms. The molecule has 0 fully saturated rings. The number of halogens is 3. The van der Waals surface area contributed by atoms with Crippen LogP contribution in [0.1, 0.15) is 0 Å². The number of nitrogens with one attached hydrogen (secondary N) is 1. The van der Waals surface area contributed by atoms with Gasteiger partial charge in [-0.3, -0.25) is 0 Å². The lowest BCUT2D eigenvalue weighted by Crippen LogP contribution is -2.01. The predicted octanol–water partition coefficient (Wildman–Crippen LogP) is 3.87. The number of aromatic nitrogens is 2. The molecule has 2 aromatic rings. The van der Waals surface area contributed by atoms with Gasteiger partial charge in [0.25, 0.3) is 0 Å². The van der Waals surface area contributed by atoms with Gasteiger partial charge in [0.05, 0.1) is 5.69 Å². The second-order valence-electron chi connectivity index (χ2n) is 3.18. The lowest BCUT2D eigenvalue weighted by atomic mass is 10.3. The van der Waals surface area contributed by atoms with Gasteiger partial charge in [-0.25, -0.2) is 9.97 Å². The van der Waals surface area contributed by atoms with Crippen LogP contribution < -0.4 is 11.1 Å². The normalized spacial score (nSPS) is 10.3. The molecule has 0 radical (unpaired) electrons. The van der Waals surface area contributed by atoms with Crippen molar-refractivity contribution in [2.24, 2.45) is 0 Å². The molecule has 3 N–H and O–H groups in total. The molecule has 0 aliphatic carbocycles. The molecule has 2 rings (SSSR count). The van der Waals surface area contributed by atoms with Crippen molar-refractivity contribution in [3.05, 3.63) is 39.2 Å². The van der Waals surface area contributed by atoms with E-state index >= 15 is 0 Å². The highest BCUT2D eigenvalue weighted by Crippen LogP contribution is 2.31. The van der Waals surface area contributed by atoms with E-state index in [1.165, 1.54) is 6.33 Å². The minimum absolute atomic E-state index is 0.215. The van der Waals surface area contributed by atoms with E-state index in [9.17, 15) is 0 Å². The summed E-state index contributed by atoms with van der Waals surface area (Å²) in [4.78, 5) is 7.79. The van der Waals surface area contributed by atoms with E-state index in [-0.39, 0.29) is 5.15 Å². The van der Waals surface area contributed by atoms with Crippen molar-refractivity contribution in [3.8, 4) is 0 Å². The van der Waals surface area contributed by atoms with E-state index in [1.54, 1.807) is 12.1 Å². The van der Waals surface area contributed by atoms with Crippen LogP contribution in [0, 0.1) is 0 Å². The van der Waals surface area contributed by atoms with Crippen LogP contribution >= 0.6 is 39.1 Å². The summed E-state index contributed by atoms with van der Waals surface area (Å²) >= 11 is 15.0. The van der Waals surface area contributed by atoms with Gasteiger partial charge in [0.15, 0.2) is 11.0 Å². The summed E-state index contributed by atoms with van der Waals surface area (Å²) in [6.07, 6.45) is 1.34. The summed E-state index contributed by atoms with van der Waals surface area (Å²) in [6.45, 7) is 0. The third kappa shape index (κ3) is 2.80. The van der Waals surface area contributed by atoms with E-state index in [2.05, 4.69) is 31.2 Å². The molecule has 4 nitrogen and oxygen atoms in total. The molecule has 0 amide bonds. The second-order valence-corrected chi connectivity index (χ2v) is 4.82. The molecule has 0 aliphatic rings. The van der Waals surface area contributed by atoms with Gasteiger partial charge in [0.2, 0.25) is 0 Å². The number of hydrogen-bond donors (Lipinski definition) is 2. The Morgan fingerprint density at radius 2 is 2.00 bits per heavy atom. The lowest BCUT2D eigenvalue weighted by Gasteiger charge is -2.10. The van der Waals surface area contributed by atoms with E-state index in [4.69, 9.17) is 28.9 Å². The average Bonchev–Trinajstić information content (AvgIpc) is 2.28. The van der Waals surface area contributed by atoms with E-state index < -0.39 is 0 Å². The average molecular weight is 334 g/mol. The van der Waals surface area contributed by atoms with E-state index in [0.717, 1.165) is 10.2 Å². The molecular weight excluding hydrogens is 327 g/mol. The Kier molecular flexibility index (Phi) is 3.71. The maximum absolute atomic E-state index is 5.85. The van der Waals surface area contributed by atoms with Crippen molar-refractivity contribution >= 4 is 56.3 Å². The topological polar surface area (TPSA) is 63.8 Å². The van der Waals surface area contributed by atoms with Crippen LogP contribution in [0.25, 0.3) is 0 Å². The molecule has 0 aliphatic heterocycles. The largest absolute Gasteiger partial charge is 0.393 e. The van der Waals surface area contributed by atoms with Crippen molar-refractivity contribution in [1.82, 2.24) is 9.97 Å². The summed E-state index contributed by atoms with van der Waals surface area (Å²) < 4.78 is 0.805. The van der Waals surface area contributed by atoms with Crippen LogP contribution in [0.4, 0.5) is 17.2 Å². The number of anilines is 3. The molecule has 0 saturated carbocycles. The van der Waals surface area contributed by atoms with Crippen molar-refractivity contribution < 1.29 is 0 Å². The minimum Gasteiger partial charge on any atom is -0.393 e. The highest BCUT2D eigenvalue weighted by molar-refractivity contribution is 9.10. The Morgan fingerprint density at radius 1 is 1.24 bits per heavy atom. The van der Waals surface area contributed by atoms with Gasteiger partial charge in [0, 0.05) is 9.50 Å². The number of hydrogen-bond acceptors (Lipinski definition) is 4. The quantitative estimate of drug-likeness (QED) is 0.819. The fourth-order valence-electron chi connectivity index (χ4n) is 1.19. The highest BCUT2D eigenvalue weighted by atomic mass is 79.9. The maximum Gasteiger partial charge on any atom is 0.158 e. The van der Waals surface area contributed by atoms with Gasteiger partial charge in [0.1, 0.15) is 12.0 Å². The lowest BCUT2D eigenvalue weighted by molar-refractivity contribution is 1.17. The molecule has 1 heterocycles. The first kappa shape index (κ1) is 12.4. The van der Waals surface area contributed by atoms with E-state index in [0.29, 0.717) is 16.5 Å². The van der Waals surface area contributed by atoms with Gasteiger partial charge in [-0.2, -0.15) is 0 Å². The third-order valence-corrected chi connectivity index (χ3v) is 3.21. The Labute approximate surface area is 116 Å². The molecule has 0 saturated heterocycles.